The van der Waals surface area contributed by atoms with E-state index in [9.17, 15) is 4.79 Å². The number of hydrogen-bond donors (Lipinski definition) is 0. The van der Waals surface area contributed by atoms with Crippen LogP contribution >= 0.6 is 0 Å². The molecule has 0 spiro atoms. The Labute approximate surface area is 146 Å². The zero-order valence-electron chi connectivity index (χ0n) is 14.7. The highest BCUT2D eigenvalue weighted by Gasteiger charge is 2.10. The van der Waals surface area contributed by atoms with E-state index < -0.39 is 0 Å². The van der Waals surface area contributed by atoms with E-state index >= 15 is 0 Å². The van der Waals surface area contributed by atoms with Gasteiger partial charge in [0.2, 0.25) is 0 Å². The predicted octanol–water partition coefficient (Wildman–Crippen LogP) is 1.99. The second-order valence-electron chi connectivity index (χ2n) is 5.78. The van der Waals surface area contributed by atoms with Crippen molar-refractivity contribution in [1.29, 1.82) is 0 Å². The number of aromatic nitrogens is 3. The molecule has 132 valence electrons. The van der Waals surface area contributed by atoms with Gasteiger partial charge in [0.1, 0.15) is 0 Å². The summed E-state index contributed by atoms with van der Waals surface area (Å²) in [7, 11) is 3.57. The lowest BCUT2D eigenvalue weighted by Crippen LogP contribution is -2.30. The van der Waals surface area contributed by atoms with Gasteiger partial charge in [0.05, 0.1) is 20.4 Å². The molecular weight excluding hydrogens is 320 g/mol. The van der Waals surface area contributed by atoms with E-state index in [-0.39, 0.29) is 5.69 Å². The van der Waals surface area contributed by atoms with E-state index in [0.717, 1.165) is 11.3 Å². The van der Waals surface area contributed by atoms with Crippen molar-refractivity contribution in [3.63, 3.8) is 0 Å². The molecule has 0 aliphatic rings. The van der Waals surface area contributed by atoms with Gasteiger partial charge in [-0.2, -0.15) is 4.68 Å². The third-order valence-electron chi connectivity index (χ3n) is 3.84. The van der Waals surface area contributed by atoms with Crippen LogP contribution in [0, 0.1) is 0 Å². The maximum absolute atomic E-state index is 12.3. The highest BCUT2D eigenvalue weighted by atomic mass is 16.5. The Morgan fingerprint density at radius 1 is 1.20 bits per heavy atom. The van der Waals surface area contributed by atoms with Gasteiger partial charge in [0, 0.05) is 12.7 Å². The average Bonchev–Trinajstić information content (AvgIpc) is 2.92. The second-order valence-corrected chi connectivity index (χ2v) is 5.78. The van der Waals surface area contributed by atoms with Gasteiger partial charge in [-0.3, -0.25) is 9.30 Å². The van der Waals surface area contributed by atoms with Gasteiger partial charge in [0.25, 0.3) is 0 Å². The number of fused-ring (bicyclic) bond motifs is 1. The molecule has 0 fully saturated rings. The second kappa shape index (κ2) is 7.40. The lowest BCUT2D eigenvalue weighted by atomic mass is 10.2. The molecule has 7 nitrogen and oxygen atoms in total. The zero-order valence-corrected chi connectivity index (χ0v) is 14.7. The number of pyridine rings is 1. The summed E-state index contributed by atoms with van der Waals surface area (Å²) in [4.78, 5) is 14.4. The molecular formula is C18H22N4O3. The molecule has 0 bridgehead atoms. The summed E-state index contributed by atoms with van der Waals surface area (Å²) in [5, 5.41) is 4.35. The first-order valence-electron chi connectivity index (χ1n) is 8.15. The minimum atomic E-state index is -0.147. The number of nitrogens with zero attached hydrogens (tertiary/aromatic N) is 4. The molecule has 0 aliphatic carbocycles. The fourth-order valence-corrected chi connectivity index (χ4v) is 2.74. The number of methoxy groups -OCH3 is 1. The maximum Gasteiger partial charge on any atom is 0.351 e. The fraction of sp³-hybridized carbons (Fsp3) is 0.333. The summed E-state index contributed by atoms with van der Waals surface area (Å²) in [6, 6.07) is 11.3. The van der Waals surface area contributed by atoms with Gasteiger partial charge in [-0.25, -0.2) is 4.79 Å². The third kappa shape index (κ3) is 3.66. The average molecular weight is 342 g/mol. The Kier molecular flexibility index (Phi) is 5.04. The van der Waals surface area contributed by atoms with Crippen molar-refractivity contribution < 1.29 is 9.47 Å². The number of benzene rings is 1. The molecule has 1 aromatic carbocycles. The van der Waals surface area contributed by atoms with Crippen molar-refractivity contribution in [3.8, 4) is 11.5 Å². The van der Waals surface area contributed by atoms with Gasteiger partial charge in [-0.15, -0.1) is 5.10 Å². The van der Waals surface area contributed by atoms with Crippen molar-refractivity contribution >= 4 is 5.65 Å². The summed E-state index contributed by atoms with van der Waals surface area (Å²) in [5.41, 5.74) is 1.56. The lowest BCUT2D eigenvalue weighted by molar-refractivity contribution is 0.241. The van der Waals surface area contributed by atoms with Crippen LogP contribution in [0.1, 0.15) is 12.5 Å². The lowest BCUT2D eigenvalue weighted by Gasteiger charge is -2.17. The van der Waals surface area contributed by atoms with Crippen molar-refractivity contribution in [2.75, 3.05) is 20.8 Å². The van der Waals surface area contributed by atoms with E-state index in [4.69, 9.17) is 9.47 Å². The quantitative estimate of drug-likeness (QED) is 0.657. The Bertz CT molecular complexity index is 916. The molecule has 0 atom stereocenters. The smallest absolute Gasteiger partial charge is 0.351 e. The van der Waals surface area contributed by atoms with Crippen molar-refractivity contribution in [2.45, 2.75) is 20.1 Å². The van der Waals surface area contributed by atoms with Gasteiger partial charge < -0.3 is 9.47 Å². The van der Waals surface area contributed by atoms with Crippen LogP contribution in [0.3, 0.4) is 0 Å². The van der Waals surface area contributed by atoms with E-state index in [2.05, 4.69) is 5.10 Å². The van der Waals surface area contributed by atoms with Crippen LogP contribution in [0.15, 0.2) is 47.4 Å². The van der Waals surface area contributed by atoms with Gasteiger partial charge in [0.15, 0.2) is 17.1 Å². The van der Waals surface area contributed by atoms with Crippen molar-refractivity contribution in [1.82, 2.24) is 19.1 Å². The van der Waals surface area contributed by atoms with Crippen LogP contribution in [0.5, 0.6) is 11.5 Å². The standard InChI is InChI=1S/C18H22N4O3/c1-4-25-15-9-8-14(11-16(15)24-3)12-20(2)13-22-18(23)21-10-6-5-7-17(21)19-22/h5-11H,4,12-13H2,1-3H3. The Hall–Kier alpha value is -2.80. The van der Waals surface area contributed by atoms with E-state index in [1.165, 1.54) is 9.08 Å². The first-order valence-corrected chi connectivity index (χ1v) is 8.15. The van der Waals surface area contributed by atoms with Crippen LogP contribution in [-0.2, 0) is 13.2 Å². The normalized spacial score (nSPS) is 11.2. The SMILES string of the molecule is CCOc1ccc(CN(C)Cn2nc3ccccn3c2=O)cc1OC. The molecule has 0 amide bonds. The Morgan fingerprint density at radius 2 is 2.04 bits per heavy atom. The molecule has 0 aliphatic heterocycles. The number of hydrogen-bond acceptors (Lipinski definition) is 5. The topological polar surface area (TPSA) is 61.0 Å². The van der Waals surface area contributed by atoms with Gasteiger partial charge in [-0.1, -0.05) is 12.1 Å². The molecule has 2 aromatic heterocycles. The van der Waals surface area contributed by atoms with Crippen LogP contribution < -0.4 is 15.2 Å². The first-order chi connectivity index (χ1) is 12.1. The molecule has 0 radical (unpaired) electrons. The molecule has 0 saturated heterocycles. The molecule has 25 heavy (non-hydrogen) atoms. The monoisotopic (exact) mass is 342 g/mol. The maximum atomic E-state index is 12.3. The summed E-state index contributed by atoms with van der Waals surface area (Å²) < 4.78 is 13.9. The Morgan fingerprint density at radius 3 is 2.76 bits per heavy atom. The predicted molar refractivity (Wildman–Crippen MR) is 95.1 cm³/mol. The molecule has 0 saturated carbocycles. The summed E-state index contributed by atoms with van der Waals surface area (Å²) >= 11 is 0. The van der Waals surface area contributed by atoms with Crippen LogP contribution in [0.4, 0.5) is 0 Å². The third-order valence-corrected chi connectivity index (χ3v) is 3.84. The molecule has 3 rings (SSSR count). The molecule has 2 heterocycles. The minimum Gasteiger partial charge on any atom is -0.493 e. The summed E-state index contributed by atoms with van der Waals surface area (Å²) in [6.45, 7) is 3.58. The molecule has 0 N–H and O–H groups in total. The molecule has 3 aromatic rings. The number of rotatable bonds is 7. The van der Waals surface area contributed by atoms with Crippen molar-refractivity contribution in [3.05, 3.63) is 58.6 Å². The van der Waals surface area contributed by atoms with E-state index in [1.54, 1.807) is 13.3 Å². The van der Waals surface area contributed by atoms with Gasteiger partial charge >= 0.3 is 5.69 Å². The fourth-order valence-electron chi connectivity index (χ4n) is 2.74. The first kappa shape index (κ1) is 17.0. The van der Waals surface area contributed by atoms with Crippen molar-refractivity contribution in [2.24, 2.45) is 0 Å². The van der Waals surface area contributed by atoms with Gasteiger partial charge in [-0.05, 0) is 43.8 Å². The highest BCUT2D eigenvalue weighted by molar-refractivity contribution is 5.43. The van der Waals surface area contributed by atoms with Crippen LogP contribution in [-0.4, -0.2) is 39.8 Å². The number of ether oxygens (including phenoxy) is 2. The highest BCUT2D eigenvalue weighted by Crippen LogP contribution is 2.28. The van der Waals surface area contributed by atoms with E-state index in [0.29, 0.717) is 31.2 Å². The van der Waals surface area contributed by atoms with Crippen LogP contribution in [0.2, 0.25) is 0 Å². The minimum absolute atomic E-state index is 0.147. The molecule has 0 unspecified atom stereocenters. The Balaban J connectivity index is 1.74. The van der Waals surface area contributed by atoms with E-state index in [1.807, 2.05) is 55.3 Å². The summed E-state index contributed by atoms with van der Waals surface area (Å²) in [5.74, 6) is 1.44. The largest absolute Gasteiger partial charge is 0.493 e. The zero-order chi connectivity index (χ0) is 17.8. The van der Waals surface area contributed by atoms with Crippen LogP contribution in [0.25, 0.3) is 5.65 Å². The molecule has 7 heteroatoms. The summed E-state index contributed by atoms with van der Waals surface area (Å²) in [6.07, 6.45) is 1.72.